The molecule has 1 aromatic rings. The molecule has 0 atom stereocenters. The van der Waals surface area contributed by atoms with Crippen molar-refractivity contribution in [3.63, 3.8) is 0 Å². The summed E-state index contributed by atoms with van der Waals surface area (Å²) in [4.78, 5) is 6.74. The normalized spacial score (nSPS) is 17.4. The number of hydrogen-bond acceptors (Lipinski definition) is 4. The fraction of sp³-hybridized carbons (Fsp3) is 0.812. The molecule has 114 valence electrons. The Balaban J connectivity index is 1.84. The maximum Gasteiger partial charge on any atom is 0.297 e. The first-order valence-electron chi connectivity index (χ1n) is 7.84. The average Bonchev–Trinajstić information content (AvgIpc) is 2.86. The zero-order chi connectivity index (χ0) is 14.6. The van der Waals surface area contributed by atoms with E-state index >= 15 is 0 Å². The summed E-state index contributed by atoms with van der Waals surface area (Å²) in [5.74, 6) is 0.803. The van der Waals surface area contributed by atoms with Gasteiger partial charge in [0.15, 0.2) is 0 Å². The third kappa shape index (κ3) is 4.82. The summed E-state index contributed by atoms with van der Waals surface area (Å²) in [6, 6.07) is 0.751. The smallest absolute Gasteiger partial charge is 0.297 e. The van der Waals surface area contributed by atoms with Crippen molar-refractivity contribution in [2.24, 2.45) is 5.92 Å². The highest BCUT2D eigenvalue weighted by Gasteiger charge is 2.18. The minimum Gasteiger partial charge on any atom is -0.432 e. The summed E-state index contributed by atoms with van der Waals surface area (Å²) in [6.07, 6.45) is 8.63. The first-order valence-corrected chi connectivity index (χ1v) is 7.84. The van der Waals surface area contributed by atoms with Gasteiger partial charge < -0.3 is 14.6 Å². The zero-order valence-electron chi connectivity index (χ0n) is 13.4. The molecule has 1 aliphatic rings. The van der Waals surface area contributed by atoms with Crippen LogP contribution in [0.25, 0.3) is 0 Å². The van der Waals surface area contributed by atoms with Gasteiger partial charge in [-0.3, -0.25) is 0 Å². The number of nitrogens with zero attached hydrogens (tertiary/aromatic N) is 2. The minimum absolute atomic E-state index is 0.104. The van der Waals surface area contributed by atoms with Gasteiger partial charge in [0, 0.05) is 25.7 Å². The Morgan fingerprint density at radius 3 is 2.65 bits per heavy atom. The molecular weight excluding hydrogens is 250 g/mol. The second-order valence-corrected chi connectivity index (χ2v) is 7.11. The number of anilines is 1. The summed E-state index contributed by atoms with van der Waals surface area (Å²) in [5.41, 5.74) is 1.08. The summed E-state index contributed by atoms with van der Waals surface area (Å²) < 4.78 is 5.61. The molecule has 0 aromatic carbocycles. The van der Waals surface area contributed by atoms with Crippen molar-refractivity contribution in [2.75, 3.05) is 18.5 Å². The molecule has 0 bridgehead atoms. The predicted octanol–water partition coefficient (Wildman–Crippen LogP) is 3.58. The molecule has 1 aliphatic carbocycles. The van der Waals surface area contributed by atoms with Crippen LogP contribution in [0, 0.1) is 5.92 Å². The SMILES string of the molecule is CN(CC1CCCCC1)c1nc(CNC(C)(C)C)co1. The Kier molecular flexibility index (Phi) is 5.08. The lowest BCUT2D eigenvalue weighted by Gasteiger charge is -2.26. The number of oxazole rings is 1. The van der Waals surface area contributed by atoms with Crippen molar-refractivity contribution in [1.29, 1.82) is 0 Å². The Bertz CT molecular complexity index is 402. The van der Waals surface area contributed by atoms with Crippen LogP contribution < -0.4 is 10.2 Å². The zero-order valence-corrected chi connectivity index (χ0v) is 13.4. The Labute approximate surface area is 122 Å². The highest BCUT2D eigenvalue weighted by Crippen LogP contribution is 2.25. The van der Waals surface area contributed by atoms with Crippen molar-refractivity contribution in [1.82, 2.24) is 10.3 Å². The van der Waals surface area contributed by atoms with Crippen molar-refractivity contribution >= 4 is 6.01 Å². The minimum atomic E-state index is 0.104. The van der Waals surface area contributed by atoms with Crippen LogP contribution in [0.1, 0.15) is 58.6 Å². The Morgan fingerprint density at radius 1 is 1.30 bits per heavy atom. The summed E-state index contributed by atoms with van der Waals surface area (Å²) in [6.45, 7) is 8.28. The molecule has 1 aromatic heterocycles. The molecule has 0 radical (unpaired) electrons. The van der Waals surface area contributed by atoms with Gasteiger partial charge in [0.05, 0.1) is 5.69 Å². The monoisotopic (exact) mass is 279 g/mol. The van der Waals surface area contributed by atoms with E-state index in [1.807, 2.05) is 0 Å². The van der Waals surface area contributed by atoms with E-state index in [0.717, 1.165) is 30.7 Å². The molecule has 1 fully saturated rings. The van der Waals surface area contributed by atoms with Crippen LogP contribution in [0.15, 0.2) is 10.7 Å². The molecule has 1 heterocycles. The molecule has 0 aliphatic heterocycles. The summed E-state index contributed by atoms with van der Waals surface area (Å²) >= 11 is 0. The first kappa shape index (κ1) is 15.4. The van der Waals surface area contributed by atoms with Crippen LogP contribution in [0.5, 0.6) is 0 Å². The molecule has 0 amide bonds. The van der Waals surface area contributed by atoms with Gasteiger partial charge in [-0.15, -0.1) is 0 Å². The van der Waals surface area contributed by atoms with Crippen molar-refractivity contribution in [3.05, 3.63) is 12.0 Å². The second-order valence-electron chi connectivity index (χ2n) is 7.11. The first-order chi connectivity index (χ1) is 9.44. The topological polar surface area (TPSA) is 41.3 Å². The molecule has 0 saturated heterocycles. The van der Waals surface area contributed by atoms with E-state index < -0.39 is 0 Å². The van der Waals surface area contributed by atoms with Gasteiger partial charge >= 0.3 is 0 Å². The van der Waals surface area contributed by atoms with Crippen LogP contribution >= 0.6 is 0 Å². The van der Waals surface area contributed by atoms with E-state index in [9.17, 15) is 0 Å². The molecule has 0 spiro atoms. The van der Waals surface area contributed by atoms with Crippen LogP contribution in [-0.4, -0.2) is 24.1 Å². The predicted molar refractivity (Wildman–Crippen MR) is 82.9 cm³/mol. The molecule has 4 heteroatoms. The molecule has 20 heavy (non-hydrogen) atoms. The molecule has 0 unspecified atom stereocenters. The molecule has 1 saturated carbocycles. The van der Waals surface area contributed by atoms with Gasteiger partial charge in [-0.05, 0) is 39.5 Å². The van der Waals surface area contributed by atoms with E-state index in [1.54, 1.807) is 6.26 Å². The third-order valence-corrected chi connectivity index (χ3v) is 3.92. The number of aromatic nitrogens is 1. The van der Waals surface area contributed by atoms with Crippen LogP contribution in [0.3, 0.4) is 0 Å². The maximum absolute atomic E-state index is 5.61. The van der Waals surface area contributed by atoms with E-state index in [2.05, 4.69) is 43.0 Å². The molecule has 1 N–H and O–H groups in total. The number of rotatable bonds is 5. The van der Waals surface area contributed by atoms with Gasteiger partial charge in [0.25, 0.3) is 6.01 Å². The van der Waals surface area contributed by atoms with Crippen LogP contribution in [0.4, 0.5) is 6.01 Å². The second kappa shape index (κ2) is 6.61. The largest absolute Gasteiger partial charge is 0.432 e. The molecular formula is C16H29N3O. The number of nitrogens with one attached hydrogen (secondary N) is 1. The molecule has 4 nitrogen and oxygen atoms in total. The quantitative estimate of drug-likeness (QED) is 0.894. The summed E-state index contributed by atoms with van der Waals surface area (Å²) in [5, 5.41) is 3.43. The van der Waals surface area contributed by atoms with E-state index in [4.69, 9.17) is 4.42 Å². The van der Waals surface area contributed by atoms with Gasteiger partial charge in [-0.2, -0.15) is 4.98 Å². The fourth-order valence-corrected chi connectivity index (χ4v) is 2.74. The fourth-order valence-electron chi connectivity index (χ4n) is 2.74. The van der Waals surface area contributed by atoms with Crippen molar-refractivity contribution in [3.8, 4) is 0 Å². The highest BCUT2D eigenvalue weighted by atomic mass is 16.4. The Hall–Kier alpha value is -1.03. The lowest BCUT2D eigenvalue weighted by molar-refractivity contribution is 0.356. The van der Waals surface area contributed by atoms with Gasteiger partial charge in [-0.1, -0.05) is 19.3 Å². The lowest BCUT2D eigenvalue weighted by atomic mass is 9.89. The van der Waals surface area contributed by atoms with E-state index in [-0.39, 0.29) is 5.54 Å². The van der Waals surface area contributed by atoms with Crippen LogP contribution in [-0.2, 0) is 6.54 Å². The standard InChI is InChI=1S/C16H29N3O/c1-16(2,3)17-10-14-12-20-15(18-14)19(4)11-13-8-6-5-7-9-13/h12-13,17H,5-11H2,1-4H3. The maximum atomic E-state index is 5.61. The highest BCUT2D eigenvalue weighted by molar-refractivity contribution is 5.25. The lowest BCUT2D eigenvalue weighted by Crippen LogP contribution is -2.35. The van der Waals surface area contributed by atoms with Gasteiger partial charge in [0.2, 0.25) is 0 Å². The van der Waals surface area contributed by atoms with E-state index in [0.29, 0.717) is 0 Å². The third-order valence-electron chi connectivity index (χ3n) is 3.92. The number of hydrogen-bond donors (Lipinski definition) is 1. The Morgan fingerprint density at radius 2 is 2.00 bits per heavy atom. The average molecular weight is 279 g/mol. The van der Waals surface area contributed by atoms with Crippen molar-refractivity contribution < 1.29 is 4.42 Å². The summed E-state index contributed by atoms with van der Waals surface area (Å²) in [7, 11) is 2.08. The molecule has 2 rings (SSSR count). The van der Waals surface area contributed by atoms with Crippen molar-refractivity contribution in [2.45, 2.75) is 65.0 Å². The van der Waals surface area contributed by atoms with E-state index in [1.165, 1.54) is 32.1 Å². The van der Waals surface area contributed by atoms with Gasteiger partial charge in [0.1, 0.15) is 6.26 Å². The van der Waals surface area contributed by atoms with Crippen LogP contribution in [0.2, 0.25) is 0 Å². The van der Waals surface area contributed by atoms with Gasteiger partial charge in [-0.25, -0.2) is 0 Å².